The monoisotopic (exact) mass is 448 g/mol. The average Bonchev–Trinajstić information content (AvgIpc) is 3.00. The van der Waals surface area contributed by atoms with E-state index < -0.39 is 5.82 Å². The third-order valence-electron chi connectivity index (χ3n) is 4.35. The maximum absolute atomic E-state index is 13.9. The average molecular weight is 450 g/mol. The minimum absolute atomic E-state index is 0.0565. The summed E-state index contributed by atoms with van der Waals surface area (Å²) in [7, 11) is 0. The summed E-state index contributed by atoms with van der Waals surface area (Å²) in [6.45, 7) is -0.0565. The van der Waals surface area contributed by atoms with Gasteiger partial charge in [-0.05, 0) is 42.0 Å². The van der Waals surface area contributed by atoms with Crippen LogP contribution in [0.4, 0.5) is 4.39 Å². The number of Topliss-reactive ketones (excluding diaryl/α,β-unsaturated/α-hetero) is 1. The second-order valence-corrected chi connectivity index (χ2v) is 7.42. The second-order valence-electron chi connectivity index (χ2n) is 6.23. The molecule has 29 heavy (non-hydrogen) atoms. The Morgan fingerprint density at radius 3 is 2.55 bits per heavy atom. The number of ether oxygens (including phenoxy) is 2. The molecule has 0 radical (unpaired) electrons. The van der Waals surface area contributed by atoms with Gasteiger partial charge in [-0.1, -0.05) is 53.0 Å². The van der Waals surface area contributed by atoms with Crippen LogP contribution in [0.15, 0.2) is 60.4 Å². The molecule has 1 aliphatic rings. The molecule has 3 aromatic carbocycles. The number of carbonyl (C=O) groups excluding carboxylic acids is 1. The Hall–Kier alpha value is -2.53. The third-order valence-corrected chi connectivity index (χ3v) is 5.54. The molecule has 0 aliphatic carbocycles. The van der Waals surface area contributed by atoms with Crippen molar-refractivity contribution in [1.82, 2.24) is 0 Å². The number of hydrogen-bond acceptors (Lipinski definition) is 3. The largest absolute Gasteiger partial charge is 0.489 e. The first kappa shape index (κ1) is 19.8. The smallest absolute Gasteiger partial charge is 0.231 e. The molecule has 0 aromatic heterocycles. The first-order valence-corrected chi connectivity index (χ1v) is 9.65. The van der Waals surface area contributed by atoms with Gasteiger partial charge in [-0.3, -0.25) is 4.79 Å². The number of ketones is 1. The lowest BCUT2D eigenvalue weighted by Gasteiger charge is -2.09. The van der Waals surface area contributed by atoms with E-state index in [0.29, 0.717) is 32.7 Å². The van der Waals surface area contributed by atoms with Crippen molar-refractivity contribution in [2.75, 3.05) is 0 Å². The topological polar surface area (TPSA) is 35.5 Å². The molecule has 1 heterocycles. The summed E-state index contributed by atoms with van der Waals surface area (Å²) in [4.78, 5) is 12.6. The Bertz CT molecular complexity index is 1140. The molecule has 0 saturated carbocycles. The van der Waals surface area contributed by atoms with Gasteiger partial charge in [-0.15, -0.1) is 0 Å². The summed E-state index contributed by atoms with van der Waals surface area (Å²) in [5, 5.41) is 0.993. The maximum atomic E-state index is 13.9. The fourth-order valence-corrected chi connectivity index (χ4v) is 3.44. The fraction of sp³-hybridized carbons (Fsp3) is 0.0455. The summed E-state index contributed by atoms with van der Waals surface area (Å²) >= 11 is 18.2. The number of rotatable bonds is 4. The van der Waals surface area contributed by atoms with Gasteiger partial charge in [-0.2, -0.15) is 0 Å². The van der Waals surface area contributed by atoms with E-state index in [1.54, 1.807) is 42.5 Å². The van der Waals surface area contributed by atoms with E-state index in [2.05, 4.69) is 0 Å². The molecule has 0 unspecified atom stereocenters. The van der Waals surface area contributed by atoms with Crippen molar-refractivity contribution in [1.29, 1.82) is 0 Å². The molecule has 0 N–H and O–H groups in total. The molecule has 0 atom stereocenters. The van der Waals surface area contributed by atoms with Crippen LogP contribution in [0.1, 0.15) is 21.5 Å². The molecule has 7 heteroatoms. The van der Waals surface area contributed by atoms with Crippen LogP contribution in [-0.4, -0.2) is 5.78 Å². The predicted molar refractivity (Wildman–Crippen MR) is 112 cm³/mol. The zero-order valence-electron chi connectivity index (χ0n) is 14.7. The van der Waals surface area contributed by atoms with Crippen LogP contribution in [0, 0.1) is 5.82 Å². The lowest BCUT2D eigenvalue weighted by Crippen LogP contribution is -1.99. The highest BCUT2D eigenvalue weighted by Gasteiger charge is 2.28. The Balaban J connectivity index is 1.56. The van der Waals surface area contributed by atoms with Crippen LogP contribution in [-0.2, 0) is 6.61 Å². The zero-order valence-corrected chi connectivity index (χ0v) is 17.0. The van der Waals surface area contributed by atoms with Gasteiger partial charge in [0.15, 0.2) is 5.76 Å². The normalized spacial score (nSPS) is 14.1. The van der Waals surface area contributed by atoms with Gasteiger partial charge in [0.25, 0.3) is 0 Å². The van der Waals surface area contributed by atoms with Gasteiger partial charge in [0.2, 0.25) is 5.78 Å². The lowest BCUT2D eigenvalue weighted by atomic mass is 10.1. The van der Waals surface area contributed by atoms with Crippen molar-refractivity contribution >= 4 is 46.7 Å². The third kappa shape index (κ3) is 3.97. The highest BCUT2D eigenvalue weighted by atomic mass is 35.5. The highest BCUT2D eigenvalue weighted by molar-refractivity contribution is 6.43. The molecular formula is C22H12Cl3FO3. The first-order valence-electron chi connectivity index (χ1n) is 8.52. The zero-order chi connectivity index (χ0) is 20.5. The van der Waals surface area contributed by atoms with E-state index in [-0.39, 0.29) is 28.7 Å². The Morgan fingerprint density at radius 2 is 1.76 bits per heavy atom. The van der Waals surface area contributed by atoms with Gasteiger partial charge in [-0.25, -0.2) is 4.39 Å². The van der Waals surface area contributed by atoms with Crippen molar-refractivity contribution in [2.24, 2.45) is 0 Å². The molecule has 1 aliphatic heterocycles. The van der Waals surface area contributed by atoms with Gasteiger partial charge >= 0.3 is 0 Å². The molecule has 0 amide bonds. The Morgan fingerprint density at radius 1 is 1.00 bits per heavy atom. The minimum atomic E-state index is -0.450. The van der Waals surface area contributed by atoms with E-state index >= 15 is 0 Å². The number of hydrogen-bond donors (Lipinski definition) is 0. The van der Waals surface area contributed by atoms with E-state index in [9.17, 15) is 9.18 Å². The molecule has 0 spiro atoms. The van der Waals surface area contributed by atoms with Crippen molar-refractivity contribution in [2.45, 2.75) is 6.61 Å². The van der Waals surface area contributed by atoms with Crippen LogP contribution < -0.4 is 9.47 Å². The second kappa shape index (κ2) is 8.07. The van der Waals surface area contributed by atoms with Crippen molar-refractivity contribution in [3.05, 3.63) is 97.9 Å². The van der Waals surface area contributed by atoms with Crippen LogP contribution in [0.5, 0.6) is 11.5 Å². The molecule has 0 bridgehead atoms. The van der Waals surface area contributed by atoms with Crippen molar-refractivity contribution < 1.29 is 18.7 Å². The van der Waals surface area contributed by atoms with E-state index in [4.69, 9.17) is 44.3 Å². The quantitative estimate of drug-likeness (QED) is 0.403. The van der Waals surface area contributed by atoms with Crippen LogP contribution in [0.2, 0.25) is 15.1 Å². The number of halogens is 4. The molecule has 3 nitrogen and oxygen atoms in total. The number of carbonyl (C=O) groups is 1. The van der Waals surface area contributed by atoms with Gasteiger partial charge < -0.3 is 9.47 Å². The SMILES string of the molecule is O=C1C(=Cc2cccc(Cl)c2Cl)Oc2cc(OCc3c(F)cccc3Cl)ccc21. The van der Waals surface area contributed by atoms with Gasteiger partial charge in [0, 0.05) is 11.6 Å². The standard InChI is InChI=1S/C22H12Cl3FO3/c23-16-4-2-6-18(26)15(16)11-28-13-7-8-14-19(10-13)29-20(22(14)27)9-12-3-1-5-17(24)21(12)25/h1-10H,11H2. The Labute approximate surface area is 181 Å². The first-order chi connectivity index (χ1) is 13.9. The molecular weight excluding hydrogens is 438 g/mol. The van der Waals surface area contributed by atoms with E-state index in [1.165, 1.54) is 18.2 Å². The molecule has 0 fully saturated rings. The number of allylic oxidation sites excluding steroid dienone is 1. The Kier molecular flexibility index (Phi) is 5.50. The summed E-state index contributed by atoms with van der Waals surface area (Å²) in [5.41, 5.74) is 1.22. The number of benzene rings is 3. The summed E-state index contributed by atoms with van der Waals surface area (Å²) in [6.07, 6.45) is 1.54. The predicted octanol–water partition coefficient (Wildman–Crippen LogP) is 6.98. The van der Waals surface area contributed by atoms with Gasteiger partial charge in [0.05, 0.1) is 20.6 Å². The van der Waals surface area contributed by atoms with Crippen LogP contribution in [0.25, 0.3) is 6.08 Å². The highest BCUT2D eigenvalue weighted by Crippen LogP contribution is 2.36. The fourth-order valence-electron chi connectivity index (χ4n) is 2.86. The maximum Gasteiger partial charge on any atom is 0.231 e. The summed E-state index contributed by atoms with van der Waals surface area (Å²) in [5.74, 6) is 0.154. The van der Waals surface area contributed by atoms with E-state index in [0.717, 1.165) is 0 Å². The van der Waals surface area contributed by atoms with Crippen LogP contribution in [0.3, 0.4) is 0 Å². The lowest BCUT2D eigenvalue weighted by molar-refractivity contribution is 0.101. The molecule has 146 valence electrons. The molecule has 0 saturated heterocycles. The van der Waals surface area contributed by atoms with Crippen molar-refractivity contribution in [3.8, 4) is 11.5 Å². The van der Waals surface area contributed by atoms with E-state index in [1.807, 2.05) is 0 Å². The van der Waals surface area contributed by atoms with Crippen molar-refractivity contribution in [3.63, 3.8) is 0 Å². The summed E-state index contributed by atoms with van der Waals surface area (Å²) in [6, 6.07) is 14.3. The molecule has 4 rings (SSSR count). The molecule has 3 aromatic rings. The van der Waals surface area contributed by atoms with Gasteiger partial charge in [0.1, 0.15) is 23.9 Å². The summed E-state index contributed by atoms with van der Waals surface area (Å²) < 4.78 is 25.2. The number of fused-ring (bicyclic) bond motifs is 1. The van der Waals surface area contributed by atoms with Crippen LogP contribution >= 0.6 is 34.8 Å². The minimum Gasteiger partial charge on any atom is -0.489 e.